The van der Waals surface area contributed by atoms with Gasteiger partial charge in [0.1, 0.15) is 5.56 Å². The lowest BCUT2D eigenvalue weighted by atomic mass is 10.1. The number of carbonyl (C=O) groups is 1. The molecule has 148 valence electrons. The second-order valence-electron chi connectivity index (χ2n) is 6.07. The molecule has 1 fully saturated rings. The van der Waals surface area contributed by atoms with Crippen LogP contribution in [0.25, 0.3) is 0 Å². The Labute approximate surface area is 171 Å². The van der Waals surface area contributed by atoms with E-state index in [9.17, 15) is 23.3 Å². The summed E-state index contributed by atoms with van der Waals surface area (Å²) in [5, 5.41) is 11.7. The molecule has 1 saturated heterocycles. The van der Waals surface area contributed by atoms with E-state index in [0.29, 0.717) is 5.02 Å². The SMILES string of the molecule is O=C(c1ccc(Cl)cc1[N+](=O)[O-])N1CCN(S(=O)(=O)c2cccc(Cl)c2)CC1. The number of hydrogen-bond donors (Lipinski definition) is 0. The number of benzene rings is 2. The van der Waals surface area contributed by atoms with Crippen LogP contribution in [0.5, 0.6) is 0 Å². The molecule has 3 rings (SSSR count). The molecule has 1 aliphatic rings. The summed E-state index contributed by atoms with van der Waals surface area (Å²) in [4.78, 5) is 24.7. The second kappa shape index (κ2) is 8.04. The lowest BCUT2D eigenvalue weighted by Gasteiger charge is -2.34. The third-order valence-corrected chi connectivity index (χ3v) is 6.71. The van der Waals surface area contributed by atoms with Crippen molar-refractivity contribution in [2.75, 3.05) is 26.2 Å². The molecule has 2 aromatic carbocycles. The molecule has 0 bridgehead atoms. The number of sulfonamides is 1. The fourth-order valence-electron chi connectivity index (χ4n) is 2.92. The Morgan fingerprint density at radius 1 is 1.00 bits per heavy atom. The number of halogens is 2. The van der Waals surface area contributed by atoms with Crippen LogP contribution in [0, 0.1) is 10.1 Å². The summed E-state index contributed by atoms with van der Waals surface area (Å²) in [6.07, 6.45) is 0. The summed E-state index contributed by atoms with van der Waals surface area (Å²) in [5.74, 6) is -0.539. The summed E-state index contributed by atoms with van der Waals surface area (Å²) in [7, 11) is -3.74. The Hall–Kier alpha value is -2.20. The predicted molar refractivity (Wildman–Crippen MR) is 104 cm³/mol. The Morgan fingerprint density at radius 3 is 2.25 bits per heavy atom. The summed E-state index contributed by atoms with van der Waals surface area (Å²) in [6.45, 7) is 0.362. The van der Waals surface area contributed by atoms with Gasteiger partial charge in [-0.2, -0.15) is 4.31 Å². The molecule has 1 aliphatic heterocycles. The number of amides is 1. The minimum atomic E-state index is -3.74. The molecule has 1 amide bonds. The first kappa shape index (κ1) is 20.5. The van der Waals surface area contributed by atoms with E-state index in [1.165, 1.54) is 33.5 Å². The first-order valence-corrected chi connectivity index (χ1v) is 10.4. The van der Waals surface area contributed by atoms with Crippen molar-refractivity contribution < 1.29 is 18.1 Å². The molecule has 0 radical (unpaired) electrons. The smallest absolute Gasteiger partial charge is 0.283 e. The number of hydrogen-bond acceptors (Lipinski definition) is 5. The van der Waals surface area contributed by atoms with Gasteiger partial charge in [0.25, 0.3) is 11.6 Å². The van der Waals surface area contributed by atoms with E-state index in [2.05, 4.69) is 0 Å². The first-order valence-electron chi connectivity index (χ1n) is 8.19. The van der Waals surface area contributed by atoms with Gasteiger partial charge in [0.05, 0.1) is 9.82 Å². The Balaban J connectivity index is 1.76. The Bertz CT molecular complexity index is 1040. The molecule has 0 atom stereocenters. The maximum Gasteiger partial charge on any atom is 0.283 e. The average Bonchev–Trinajstić information content (AvgIpc) is 2.67. The highest BCUT2D eigenvalue weighted by Gasteiger charge is 2.32. The van der Waals surface area contributed by atoms with Gasteiger partial charge in [-0.15, -0.1) is 0 Å². The van der Waals surface area contributed by atoms with Gasteiger partial charge in [-0.25, -0.2) is 8.42 Å². The third kappa shape index (κ3) is 4.12. The van der Waals surface area contributed by atoms with Crippen LogP contribution in [-0.4, -0.2) is 54.6 Å². The minimum Gasteiger partial charge on any atom is -0.336 e. The molecule has 1 heterocycles. The van der Waals surface area contributed by atoms with Crippen LogP contribution in [0.1, 0.15) is 10.4 Å². The highest BCUT2D eigenvalue weighted by atomic mass is 35.5. The zero-order valence-corrected chi connectivity index (χ0v) is 16.7. The molecule has 28 heavy (non-hydrogen) atoms. The fraction of sp³-hybridized carbons (Fsp3) is 0.235. The van der Waals surface area contributed by atoms with E-state index in [0.717, 1.165) is 6.07 Å². The van der Waals surface area contributed by atoms with Crippen LogP contribution < -0.4 is 0 Å². The normalized spacial score (nSPS) is 15.4. The molecular formula is C17H15Cl2N3O5S. The monoisotopic (exact) mass is 443 g/mol. The topological polar surface area (TPSA) is 101 Å². The van der Waals surface area contributed by atoms with Crippen LogP contribution in [-0.2, 0) is 10.0 Å². The lowest BCUT2D eigenvalue weighted by Crippen LogP contribution is -2.50. The van der Waals surface area contributed by atoms with Crippen LogP contribution >= 0.6 is 23.2 Å². The molecular weight excluding hydrogens is 429 g/mol. The van der Waals surface area contributed by atoms with E-state index >= 15 is 0 Å². The molecule has 0 aliphatic carbocycles. The van der Waals surface area contributed by atoms with Gasteiger partial charge in [-0.05, 0) is 30.3 Å². The fourth-order valence-corrected chi connectivity index (χ4v) is 4.81. The number of piperazine rings is 1. The maximum absolute atomic E-state index is 12.7. The quantitative estimate of drug-likeness (QED) is 0.533. The zero-order valence-electron chi connectivity index (χ0n) is 14.4. The highest BCUT2D eigenvalue weighted by molar-refractivity contribution is 7.89. The summed E-state index contributed by atoms with van der Waals surface area (Å²) in [5.41, 5.74) is -0.466. The second-order valence-corrected chi connectivity index (χ2v) is 8.88. The number of nitrogens with zero attached hydrogens (tertiary/aromatic N) is 3. The van der Waals surface area contributed by atoms with Crippen LogP contribution in [0.15, 0.2) is 47.4 Å². The van der Waals surface area contributed by atoms with E-state index in [1.54, 1.807) is 12.1 Å². The lowest BCUT2D eigenvalue weighted by molar-refractivity contribution is -0.385. The molecule has 0 aromatic heterocycles. The Morgan fingerprint density at radius 2 is 1.64 bits per heavy atom. The standard InChI is InChI=1S/C17H15Cl2N3O5S/c18-12-2-1-3-14(10-12)28(26,27)21-8-6-20(7-9-21)17(23)15-5-4-13(19)11-16(15)22(24)25/h1-5,10-11H,6-9H2. The third-order valence-electron chi connectivity index (χ3n) is 4.35. The Kier molecular flexibility index (Phi) is 5.90. The first-order chi connectivity index (χ1) is 13.2. The maximum atomic E-state index is 12.7. The number of nitro groups is 1. The van der Waals surface area contributed by atoms with Gasteiger partial charge in [0.15, 0.2) is 0 Å². The summed E-state index contributed by atoms with van der Waals surface area (Å²) >= 11 is 11.7. The van der Waals surface area contributed by atoms with Crippen molar-refractivity contribution in [1.29, 1.82) is 0 Å². The molecule has 8 nitrogen and oxygen atoms in total. The van der Waals surface area contributed by atoms with Crippen molar-refractivity contribution in [1.82, 2.24) is 9.21 Å². The van der Waals surface area contributed by atoms with Crippen molar-refractivity contribution in [3.05, 3.63) is 68.2 Å². The molecule has 0 unspecified atom stereocenters. The number of nitro benzene ring substituents is 1. The van der Waals surface area contributed by atoms with Gasteiger partial charge in [0, 0.05) is 42.3 Å². The van der Waals surface area contributed by atoms with Crippen molar-refractivity contribution in [3.8, 4) is 0 Å². The van der Waals surface area contributed by atoms with Gasteiger partial charge < -0.3 is 4.90 Å². The molecule has 2 aromatic rings. The molecule has 0 N–H and O–H groups in total. The van der Waals surface area contributed by atoms with E-state index in [4.69, 9.17) is 23.2 Å². The van der Waals surface area contributed by atoms with E-state index < -0.39 is 20.9 Å². The van der Waals surface area contributed by atoms with Crippen molar-refractivity contribution in [2.45, 2.75) is 4.90 Å². The predicted octanol–water partition coefficient (Wildman–Crippen LogP) is 3.05. The van der Waals surface area contributed by atoms with Crippen LogP contribution in [0.3, 0.4) is 0 Å². The minimum absolute atomic E-state index is 0.0714. The van der Waals surface area contributed by atoms with Crippen LogP contribution in [0.2, 0.25) is 10.0 Å². The van der Waals surface area contributed by atoms with Gasteiger partial charge >= 0.3 is 0 Å². The largest absolute Gasteiger partial charge is 0.336 e. The number of carbonyl (C=O) groups excluding carboxylic acids is 1. The zero-order chi connectivity index (χ0) is 20.5. The van der Waals surface area contributed by atoms with E-state index in [-0.39, 0.29) is 47.3 Å². The molecule has 11 heteroatoms. The average molecular weight is 444 g/mol. The summed E-state index contributed by atoms with van der Waals surface area (Å²) in [6, 6.07) is 9.78. The van der Waals surface area contributed by atoms with Crippen molar-refractivity contribution >= 4 is 44.8 Å². The van der Waals surface area contributed by atoms with Gasteiger partial charge in [-0.1, -0.05) is 29.3 Å². The van der Waals surface area contributed by atoms with Crippen molar-refractivity contribution in [2.24, 2.45) is 0 Å². The molecule has 0 saturated carbocycles. The summed E-state index contributed by atoms with van der Waals surface area (Å²) < 4.78 is 26.7. The van der Waals surface area contributed by atoms with Gasteiger partial charge in [0.2, 0.25) is 10.0 Å². The number of rotatable bonds is 4. The van der Waals surface area contributed by atoms with E-state index in [1.807, 2.05) is 0 Å². The molecule has 0 spiro atoms. The van der Waals surface area contributed by atoms with Crippen molar-refractivity contribution in [3.63, 3.8) is 0 Å². The van der Waals surface area contributed by atoms with Gasteiger partial charge in [-0.3, -0.25) is 14.9 Å². The van der Waals surface area contributed by atoms with Crippen LogP contribution in [0.4, 0.5) is 5.69 Å². The highest BCUT2D eigenvalue weighted by Crippen LogP contribution is 2.26.